The van der Waals surface area contributed by atoms with E-state index >= 15 is 0 Å². The number of aromatic nitrogens is 2. The number of hydrogen-bond donors (Lipinski definition) is 2. The molecule has 0 aliphatic rings. The van der Waals surface area contributed by atoms with E-state index in [-0.39, 0.29) is 6.42 Å². The Morgan fingerprint density at radius 2 is 2.24 bits per heavy atom. The lowest BCUT2D eigenvalue weighted by atomic mass is 10.4. The summed E-state index contributed by atoms with van der Waals surface area (Å²) < 4.78 is 0. The monoisotopic (exact) mass is 238 g/mol. The summed E-state index contributed by atoms with van der Waals surface area (Å²) in [5.41, 5.74) is 0. The second-order valence-electron chi connectivity index (χ2n) is 3.74. The molecule has 94 valence electrons. The molecule has 0 radical (unpaired) electrons. The number of rotatable bonds is 6. The Morgan fingerprint density at radius 1 is 1.53 bits per heavy atom. The van der Waals surface area contributed by atoms with Gasteiger partial charge in [0.25, 0.3) is 0 Å². The third-order valence-electron chi connectivity index (χ3n) is 2.33. The number of nitrogens with zero attached hydrogens (tertiary/aromatic N) is 3. The summed E-state index contributed by atoms with van der Waals surface area (Å²) >= 11 is 0. The third kappa shape index (κ3) is 4.26. The molecule has 0 aromatic carbocycles. The summed E-state index contributed by atoms with van der Waals surface area (Å²) in [5, 5.41) is 11.5. The highest BCUT2D eigenvalue weighted by molar-refractivity contribution is 5.67. The van der Waals surface area contributed by atoms with Gasteiger partial charge in [0.1, 0.15) is 17.5 Å². The lowest BCUT2D eigenvalue weighted by Gasteiger charge is -2.17. The molecule has 17 heavy (non-hydrogen) atoms. The topological polar surface area (TPSA) is 78.4 Å². The molecule has 1 rings (SSSR count). The van der Waals surface area contributed by atoms with E-state index in [1.54, 1.807) is 0 Å². The van der Waals surface area contributed by atoms with Crippen LogP contribution >= 0.6 is 0 Å². The Morgan fingerprint density at radius 3 is 2.82 bits per heavy atom. The van der Waals surface area contributed by atoms with Gasteiger partial charge >= 0.3 is 5.97 Å². The van der Waals surface area contributed by atoms with Gasteiger partial charge in [0, 0.05) is 26.2 Å². The smallest absolute Gasteiger partial charge is 0.305 e. The molecule has 0 fully saturated rings. The fraction of sp³-hybridized carbons (Fsp3) is 0.545. The Hall–Kier alpha value is -1.85. The zero-order chi connectivity index (χ0) is 12.8. The number of carboxylic acid groups (broad SMARTS) is 1. The maximum absolute atomic E-state index is 10.4. The molecule has 0 aliphatic carbocycles. The minimum Gasteiger partial charge on any atom is -0.481 e. The van der Waals surface area contributed by atoms with Crippen LogP contribution in [-0.4, -0.2) is 41.2 Å². The van der Waals surface area contributed by atoms with Crippen molar-refractivity contribution in [3.63, 3.8) is 0 Å². The largest absolute Gasteiger partial charge is 0.481 e. The minimum atomic E-state index is -0.825. The van der Waals surface area contributed by atoms with Crippen LogP contribution in [-0.2, 0) is 4.79 Å². The van der Waals surface area contributed by atoms with Gasteiger partial charge in [-0.3, -0.25) is 4.79 Å². The Balaban J connectivity index is 2.72. The standard InChI is InChI=1S/C11H18N4O2/c1-4-15(3)10-7-9(13-8(2)14-10)12-6-5-11(16)17/h7H,4-6H2,1-3H3,(H,16,17)(H,12,13,14). The summed E-state index contributed by atoms with van der Waals surface area (Å²) in [6, 6.07) is 1.82. The molecule has 0 saturated heterocycles. The van der Waals surface area contributed by atoms with Crippen LogP contribution in [0, 0.1) is 6.92 Å². The van der Waals surface area contributed by atoms with Gasteiger partial charge in [-0.2, -0.15) is 0 Å². The van der Waals surface area contributed by atoms with Crippen molar-refractivity contribution in [3.05, 3.63) is 11.9 Å². The number of anilines is 2. The van der Waals surface area contributed by atoms with Crippen molar-refractivity contribution in [3.8, 4) is 0 Å². The van der Waals surface area contributed by atoms with Crippen LogP contribution < -0.4 is 10.2 Å². The lowest BCUT2D eigenvalue weighted by Crippen LogP contribution is -2.18. The summed E-state index contributed by atoms with van der Waals surface area (Å²) in [4.78, 5) is 20.9. The van der Waals surface area contributed by atoms with Gasteiger partial charge in [0.05, 0.1) is 6.42 Å². The van der Waals surface area contributed by atoms with E-state index in [0.717, 1.165) is 12.4 Å². The average molecular weight is 238 g/mol. The lowest BCUT2D eigenvalue weighted by molar-refractivity contribution is -0.136. The molecule has 2 N–H and O–H groups in total. The first-order valence-electron chi connectivity index (χ1n) is 5.55. The van der Waals surface area contributed by atoms with E-state index in [1.165, 1.54) is 0 Å². The van der Waals surface area contributed by atoms with E-state index in [9.17, 15) is 4.79 Å². The molecule has 0 amide bonds. The molecule has 6 heteroatoms. The molecule has 6 nitrogen and oxygen atoms in total. The normalized spacial score (nSPS) is 10.1. The second kappa shape index (κ2) is 6.03. The number of carboxylic acids is 1. The van der Waals surface area contributed by atoms with E-state index in [0.29, 0.717) is 18.2 Å². The second-order valence-corrected chi connectivity index (χ2v) is 3.74. The number of aliphatic carboxylic acids is 1. The first-order valence-corrected chi connectivity index (χ1v) is 5.55. The molecular weight excluding hydrogens is 220 g/mol. The van der Waals surface area contributed by atoms with Crippen molar-refractivity contribution in [1.29, 1.82) is 0 Å². The molecule has 0 saturated carbocycles. The molecule has 0 unspecified atom stereocenters. The van der Waals surface area contributed by atoms with E-state index < -0.39 is 5.97 Å². The van der Waals surface area contributed by atoms with Crippen molar-refractivity contribution < 1.29 is 9.90 Å². The summed E-state index contributed by atoms with van der Waals surface area (Å²) in [6.45, 7) is 5.07. The van der Waals surface area contributed by atoms with Crippen LogP contribution in [0.4, 0.5) is 11.6 Å². The van der Waals surface area contributed by atoms with Crippen molar-refractivity contribution in [1.82, 2.24) is 9.97 Å². The van der Waals surface area contributed by atoms with Gasteiger partial charge in [-0.05, 0) is 13.8 Å². The SMILES string of the molecule is CCN(C)c1cc(NCCC(=O)O)nc(C)n1. The summed E-state index contributed by atoms with van der Waals surface area (Å²) in [7, 11) is 1.95. The summed E-state index contributed by atoms with van der Waals surface area (Å²) in [5.74, 6) is 1.33. The van der Waals surface area contributed by atoms with Gasteiger partial charge in [-0.25, -0.2) is 9.97 Å². The highest BCUT2D eigenvalue weighted by atomic mass is 16.4. The Kier molecular flexibility index (Phi) is 4.68. The highest BCUT2D eigenvalue weighted by Gasteiger charge is 2.05. The molecule has 0 spiro atoms. The fourth-order valence-corrected chi connectivity index (χ4v) is 1.30. The quantitative estimate of drug-likeness (QED) is 0.773. The van der Waals surface area contributed by atoms with Crippen LogP contribution in [0.25, 0.3) is 0 Å². The first-order chi connectivity index (χ1) is 8.02. The van der Waals surface area contributed by atoms with Crippen LogP contribution in [0.5, 0.6) is 0 Å². The zero-order valence-corrected chi connectivity index (χ0v) is 10.4. The molecular formula is C11H18N4O2. The van der Waals surface area contributed by atoms with Crippen LogP contribution in [0.1, 0.15) is 19.2 Å². The Labute approximate surface area is 101 Å². The molecule has 1 aromatic heterocycles. The van der Waals surface area contributed by atoms with Crippen LogP contribution in [0.3, 0.4) is 0 Å². The van der Waals surface area contributed by atoms with E-state index in [2.05, 4.69) is 15.3 Å². The first kappa shape index (κ1) is 13.2. The van der Waals surface area contributed by atoms with Gasteiger partial charge < -0.3 is 15.3 Å². The summed E-state index contributed by atoms with van der Waals surface area (Å²) in [6.07, 6.45) is 0.0714. The van der Waals surface area contributed by atoms with Crippen molar-refractivity contribution in [2.45, 2.75) is 20.3 Å². The molecule has 1 heterocycles. The zero-order valence-electron chi connectivity index (χ0n) is 10.4. The van der Waals surface area contributed by atoms with E-state index in [4.69, 9.17) is 5.11 Å². The van der Waals surface area contributed by atoms with E-state index in [1.807, 2.05) is 31.9 Å². The number of nitrogens with one attached hydrogen (secondary N) is 1. The third-order valence-corrected chi connectivity index (χ3v) is 2.33. The maximum atomic E-state index is 10.4. The van der Waals surface area contributed by atoms with Gasteiger partial charge in [-0.1, -0.05) is 0 Å². The van der Waals surface area contributed by atoms with Gasteiger partial charge in [0.2, 0.25) is 0 Å². The highest BCUT2D eigenvalue weighted by Crippen LogP contribution is 2.14. The predicted octanol–water partition coefficient (Wildman–Crippen LogP) is 1.13. The van der Waals surface area contributed by atoms with Gasteiger partial charge in [-0.15, -0.1) is 0 Å². The fourth-order valence-electron chi connectivity index (χ4n) is 1.30. The maximum Gasteiger partial charge on any atom is 0.305 e. The number of aryl methyl sites for hydroxylation is 1. The van der Waals surface area contributed by atoms with Crippen LogP contribution in [0.2, 0.25) is 0 Å². The van der Waals surface area contributed by atoms with Crippen molar-refractivity contribution in [2.75, 3.05) is 30.4 Å². The number of carbonyl (C=O) groups is 1. The van der Waals surface area contributed by atoms with Gasteiger partial charge in [0.15, 0.2) is 0 Å². The van der Waals surface area contributed by atoms with Crippen LogP contribution in [0.15, 0.2) is 6.07 Å². The Bertz CT molecular complexity index is 395. The molecule has 0 bridgehead atoms. The molecule has 0 aliphatic heterocycles. The molecule has 0 atom stereocenters. The minimum absolute atomic E-state index is 0.0714. The average Bonchev–Trinajstić information content (AvgIpc) is 2.26. The predicted molar refractivity (Wildman–Crippen MR) is 66.5 cm³/mol. The molecule has 1 aromatic rings. The van der Waals surface area contributed by atoms with Crippen molar-refractivity contribution >= 4 is 17.6 Å². The number of hydrogen-bond acceptors (Lipinski definition) is 5. The van der Waals surface area contributed by atoms with Crippen molar-refractivity contribution in [2.24, 2.45) is 0 Å².